The van der Waals surface area contributed by atoms with Crippen LogP contribution in [0.3, 0.4) is 0 Å². The van der Waals surface area contributed by atoms with E-state index in [1.807, 2.05) is 0 Å². The highest BCUT2D eigenvalue weighted by atomic mass is 15.5. The maximum absolute atomic E-state index is 2.71. The second-order valence-corrected chi connectivity index (χ2v) is 7.13. The molecule has 0 aromatic carbocycles. The Labute approximate surface area is 94.6 Å². The van der Waals surface area contributed by atoms with Gasteiger partial charge in [-0.05, 0) is 54.4 Å². The number of hydrogen-bond acceptors (Lipinski definition) is 2. The Hall–Kier alpha value is -0.0800. The van der Waals surface area contributed by atoms with Gasteiger partial charge in [0.2, 0.25) is 0 Å². The Balaban J connectivity index is 2.23. The maximum atomic E-state index is 2.71. The van der Waals surface area contributed by atoms with Gasteiger partial charge in [0, 0.05) is 24.2 Å². The van der Waals surface area contributed by atoms with Crippen LogP contribution in [-0.4, -0.2) is 39.6 Å². The lowest BCUT2D eigenvalue weighted by Crippen LogP contribution is -2.54. The highest BCUT2D eigenvalue weighted by Crippen LogP contribution is 2.53. The monoisotopic (exact) mass is 210 g/mol. The Kier molecular flexibility index (Phi) is 2.27. The Morgan fingerprint density at radius 3 is 1.27 bits per heavy atom. The molecular weight excluding hydrogens is 184 g/mol. The molecule has 2 fully saturated rings. The lowest BCUT2D eigenvalue weighted by molar-refractivity contribution is -0.000990. The smallest absolute Gasteiger partial charge is 0.0749 e. The van der Waals surface area contributed by atoms with Crippen LogP contribution < -0.4 is 0 Å². The summed E-state index contributed by atoms with van der Waals surface area (Å²) in [7, 11) is 0. The van der Waals surface area contributed by atoms with Gasteiger partial charge in [-0.3, -0.25) is 9.80 Å². The quantitative estimate of drug-likeness (QED) is 0.606. The standard InChI is InChI=1S/C13H26N2/c1-11(2,3)14-9-10-15(12(4,5)6)13(14)7-8-13/h7-10H2,1-6H3. The van der Waals surface area contributed by atoms with E-state index in [-0.39, 0.29) is 0 Å². The first kappa shape index (κ1) is 11.4. The van der Waals surface area contributed by atoms with Crippen molar-refractivity contribution >= 4 is 0 Å². The molecule has 0 aromatic rings. The minimum absolute atomic E-state index is 0.316. The van der Waals surface area contributed by atoms with Crippen LogP contribution in [0.5, 0.6) is 0 Å². The van der Waals surface area contributed by atoms with Gasteiger partial charge in [0.05, 0.1) is 5.66 Å². The van der Waals surface area contributed by atoms with Crippen LogP contribution in [0, 0.1) is 0 Å². The van der Waals surface area contributed by atoms with Gasteiger partial charge < -0.3 is 0 Å². The molecule has 1 saturated heterocycles. The van der Waals surface area contributed by atoms with E-state index >= 15 is 0 Å². The van der Waals surface area contributed by atoms with Crippen LogP contribution in [0.1, 0.15) is 54.4 Å². The van der Waals surface area contributed by atoms with Gasteiger partial charge in [-0.15, -0.1) is 0 Å². The van der Waals surface area contributed by atoms with Crippen LogP contribution in [0.25, 0.3) is 0 Å². The molecule has 1 aliphatic heterocycles. The molecule has 0 unspecified atom stereocenters. The lowest BCUT2D eigenvalue weighted by atomic mass is 10.0. The highest BCUT2D eigenvalue weighted by Gasteiger charge is 2.61. The minimum Gasteiger partial charge on any atom is -0.279 e. The summed E-state index contributed by atoms with van der Waals surface area (Å²) in [5, 5.41) is 0. The largest absolute Gasteiger partial charge is 0.279 e. The van der Waals surface area contributed by atoms with E-state index in [2.05, 4.69) is 51.3 Å². The molecule has 1 spiro atoms. The average Bonchev–Trinajstić information content (AvgIpc) is 2.56. The van der Waals surface area contributed by atoms with Gasteiger partial charge >= 0.3 is 0 Å². The highest BCUT2D eigenvalue weighted by molar-refractivity contribution is 5.13. The summed E-state index contributed by atoms with van der Waals surface area (Å²) < 4.78 is 0. The molecule has 0 bridgehead atoms. The van der Waals surface area contributed by atoms with Crippen LogP contribution in [0.2, 0.25) is 0 Å². The van der Waals surface area contributed by atoms with Crippen LogP contribution in [0.15, 0.2) is 0 Å². The summed E-state index contributed by atoms with van der Waals surface area (Å²) in [4.78, 5) is 5.43. The third-order valence-corrected chi connectivity index (χ3v) is 3.87. The molecule has 1 aliphatic carbocycles. The molecule has 2 heteroatoms. The minimum atomic E-state index is 0.316. The molecule has 2 rings (SSSR count). The number of nitrogens with zero attached hydrogens (tertiary/aromatic N) is 2. The Morgan fingerprint density at radius 1 is 0.733 bits per heavy atom. The fourth-order valence-electron chi connectivity index (χ4n) is 3.33. The SMILES string of the molecule is CC(C)(C)N1CCN(C(C)(C)C)C12CC2. The summed E-state index contributed by atoms with van der Waals surface area (Å²) in [5.74, 6) is 0. The van der Waals surface area contributed by atoms with E-state index in [0.29, 0.717) is 16.7 Å². The first-order valence-electron chi connectivity index (χ1n) is 6.23. The van der Waals surface area contributed by atoms with E-state index in [1.54, 1.807) is 0 Å². The predicted molar refractivity (Wildman–Crippen MR) is 64.9 cm³/mol. The Morgan fingerprint density at radius 2 is 1.07 bits per heavy atom. The number of rotatable bonds is 0. The van der Waals surface area contributed by atoms with Gasteiger partial charge in [0.1, 0.15) is 0 Å². The fraction of sp³-hybridized carbons (Fsp3) is 1.00. The van der Waals surface area contributed by atoms with Crippen molar-refractivity contribution in [3.63, 3.8) is 0 Å². The Bertz CT molecular complexity index is 229. The van der Waals surface area contributed by atoms with Crippen molar-refractivity contribution in [3.8, 4) is 0 Å². The van der Waals surface area contributed by atoms with Gasteiger partial charge in [0.25, 0.3) is 0 Å². The molecule has 1 heterocycles. The van der Waals surface area contributed by atoms with Crippen molar-refractivity contribution in [2.24, 2.45) is 0 Å². The molecule has 0 amide bonds. The zero-order valence-corrected chi connectivity index (χ0v) is 11.2. The van der Waals surface area contributed by atoms with E-state index in [0.717, 1.165) is 0 Å². The molecule has 0 N–H and O–H groups in total. The first-order valence-corrected chi connectivity index (χ1v) is 6.23. The van der Waals surface area contributed by atoms with Crippen molar-refractivity contribution in [1.29, 1.82) is 0 Å². The summed E-state index contributed by atoms with van der Waals surface area (Å²) in [6.45, 7) is 16.6. The van der Waals surface area contributed by atoms with Crippen molar-refractivity contribution in [2.75, 3.05) is 13.1 Å². The average molecular weight is 210 g/mol. The predicted octanol–water partition coefficient (Wildman–Crippen LogP) is 2.69. The van der Waals surface area contributed by atoms with Crippen molar-refractivity contribution in [2.45, 2.75) is 71.1 Å². The zero-order valence-electron chi connectivity index (χ0n) is 11.2. The third-order valence-electron chi connectivity index (χ3n) is 3.87. The van der Waals surface area contributed by atoms with E-state index in [1.165, 1.54) is 25.9 Å². The summed E-state index contributed by atoms with van der Waals surface area (Å²) >= 11 is 0. The van der Waals surface area contributed by atoms with E-state index < -0.39 is 0 Å². The summed E-state index contributed by atoms with van der Waals surface area (Å²) in [5.41, 5.74) is 1.05. The van der Waals surface area contributed by atoms with Gasteiger partial charge in [-0.25, -0.2) is 0 Å². The van der Waals surface area contributed by atoms with Crippen LogP contribution in [-0.2, 0) is 0 Å². The van der Waals surface area contributed by atoms with Gasteiger partial charge in [-0.1, -0.05) is 0 Å². The molecule has 0 radical (unpaired) electrons. The van der Waals surface area contributed by atoms with Crippen LogP contribution in [0.4, 0.5) is 0 Å². The first-order chi connectivity index (χ1) is 6.68. The molecule has 15 heavy (non-hydrogen) atoms. The third kappa shape index (κ3) is 1.72. The normalized spacial score (nSPS) is 27.6. The second-order valence-electron chi connectivity index (χ2n) is 7.13. The van der Waals surface area contributed by atoms with Crippen molar-refractivity contribution in [3.05, 3.63) is 0 Å². The lowest BCUT2D eigenvalue weighted by Gasteiger charge is -2.44. The molecule has 2 nitrogen and oxygen atoms in total. The van der Waals surface area contributed by atoms with Gasteiger partial charge in [-0.2, -0.15) is 0 Å². The molecule has 88 valence electrons. The zero-order chi connectivity index (χ0) is 11.5. The van der Waals surface area contributed by atoms with Crippen molar-refractivity contribution in [1.82, 2.24) is 9.80 Å². The van der Waals surface area contributed by atoms with Gasteiger partial charge in [0.15, 0.2) is 0 Å². The summed E-state index contributed by atoms with van der Waals surface area (Å²) in [6, 6.07) is 0. The fourth-order valence-corrected chi connectivity index (χ4v) is 3.33. The molecule has 1 saturated carbocycles. The van der Waals surface area contributed by atoms with Crippen LogP contribution >= 0.6 is 0 Å². The molecule has 0 atom stereocenters. The summed E-state index contributed by atoms with van der Waals surface area (Å²) in [6.07, 6.45) is 2.73. The van der Waals surface area contributed by atoms with E-state index in [4.69, 9.17) is 0 Å². The maximum Gasteiger partial charge on any atom is 0.0749 e. The molecular formula is C13H26N2. The van der Waals surface area contributed by atoms with E-state index in [9.17, 15) is 0 Å². The topological polar surface area (TPSA) is 6.48 Å². The second kappa shape index (κ2) is 2.98. The molecule has 0 aromatic heterocycles. The number of hydrogen-bond donors (Lipinski definition) is 0. The molecule has 2 aliphatic rings. The van der Waals surface area contributed by atoms with Crippen molar-refractivity contribution < 1.29 is 0 Å².